The first kappa shape index (κ1) is 11.6. The molecular formula is C12H13BrO3. The first-order valence-electron chi connectivity index (χ1n) is 5.10. The lowest BCUT2D eigenvalue weighted by molar-refractivity contribution is -0.151. The van der Waals surface area contributed by atoms with Gasteiger partial charge in [-0.1, -0.05) is 22.0 Å². The normalized spacial score (nSPS) is 24.1. The van der Waals surface area contributed by atoms with Gasteiger partial charge in [0, 0.05) is 18.0 Å². The van der Waals surface area contributed by atoms with Crippen LogP contribution in [0.15, 0.2) is 22.7 Å². The van der Waals surface area contributed by atoms with Crippen molar-refractivity contribution in [3.63, 3.8) is 0 Å². The van der Waals surface area contributed by atoms with E-state index in [0.29, 0.717) is 6.42 Å². The average molecular weight is 285 g/mol. The molecule has 0 aromatic heterocycles. The van der Waals surface area contributed by atoms with Crippen molar-refractivity contribution in [2.24, 2.45) is 0 Å². The van der Waals surface area contributed by atoms with Gasteiger partial charge in [0.05, 0.1) is 0 Å². The smallest absolute Gasteiger partial charge is 0.169 e. The zero-order chi connectivity index (χ0) is 11.7. The highest BCUT2D eigenvalue weighted by atomic mass is 79.9. The fraction of sp³-hybridized carbons (Fsp3) is 0.417. The molecule has 3 nitrogen and oxygen atoms in total. The fourth-order valence-corrected chi connectivity index (χ4v) is 2.06. The van der Waals surface area contributed by atoms with E-state index in [0.717, 1.165) is 15.8 Å². The minimum Gasteiger partial charge on any atom is -0.486 e. The molecule has 86 valence electrons. The number of rotatable bonds is 3. The minimum absolute atomic E-state index is 0.111. The first-order chi connectivity index (χ1) is 7.61. The molecule has 1 saturated carbocycles. The molecule has 1 aliphatic rings. The Bertz CT molecular complexity index is 417. The molecule has 0 spiro atoms. The lowest BCUT2D eigenvalue weighted by atomic mass is 9.90. The molecule has 4 heteroatoms. The van der Waals surface area contributed by atoms with Crippen molar-refractivity contribution in [1.82, 2.24) is 0 Å². The van der Waals surface area contributed by atoms with Gasteiger partial charge in [-0.25, -0.2) is 0 Å². The van der Waals surface area contributed by atoms with E-state index in [1.165, 1.54) is 7.11 Å². The molecular weight excluding hydrogens is 272 g/mol. The number of hydrogen-bond donors (Lipinski definition) is 0. The maximum absolute atomic E-state index is 11.2. The number of methoxy groups -OCH3 is 1. The van der Waals surface area contributed by atoms with E-state index in [1.54, 1.807) is 0 Å². The topological polar surface area (TPSA) is 35.5 Å². The highest BCUT2D eigenvalue weighted by Crippen LogP contribution is 2.29. The van der Waals surface area contributed by atoms with Crippen molar-refractivity contribution in [2.45, 2.75) is 25.6 Å². The molecule has 0 heterocycles. The van der Waals surface area contributed by atoms with Crippen LogP contribution in [0.5, 0.6) is 5.75 Å². The second-order valence-electron chi connectivity index (χ2n) is 3.89. The van der Waals surface area contributed by atoms with Crippen LogP contribution in [0.25, 0.3) is 0 Å². The van der Waals surface area contributed by atoms with Crippen LogP contribution in [-0.4, -0.2) is 25.1 Å². The van der Waals surface area contributed by atoms with E-state index in [4.69, 9.17) is 9.47 Å². The minimum atomic E-state index is -0.404. The Morgan fingerprint density at radius 2 is 2.19 bits per heavy atom. The maximum atomic E-state index is 11.2. The summed E-state index contributed by atoms with van der Waals surface area (Å²) in [5.74, 6) is 0.911. The SMILES string of the molecule is COC1C(=O)CC1Oc1cc(Br)ccc1C. The summed E-state index contributed by atoms with van der Waals surface area (Å²) in [5.41, 5.74) is 1.05. The van der Waals surface area contributed by atoms with E-state index in [9.17, 15) is 4.79 Å². The molecule has 0 radical (unpaired) electrons. The van der Waals surface area contributed by atoms with Crippen LogP contribution < -0.4 is 4.74 Å². The monoisotopic (exact) mass is 284 g/mol. The molecule has 0 amide bonds. The second kappa shape index (κ2) is 4.55. The summed E-state index contributed by atoms with van der Waals surface area (Å²) in [6.07, 6.45) is -0.117. The number of aryl methyl sites for hydroxylation is 1. The molecule has 1 aromatic rings. The van der Waals surface area contributed by atoms with Gasteiger partial charge in [0.25, 0.3) is 0 Å². The molecule has 1 fully saturated rings. The Balaban J connectivity index is 2.10. The van der Waals surface area contributed by atoms with Gasteiger partial charge in [0.1, 0.15) is 11.9 Å². The number of ether oxygens (including phenoxy) is 2. The van der Waals surface area contributed by atoms with Gasteiger partial charge < -0.3 is 9.47 Å². The van der Waals surface area contributed by atoms with Gasteiger partial charge in [-0.3, -0.25) is 4.79 Å². The summed E-state index contributed by atoms with van der Waals surface area (Å²) in [6, 6.07) is 5.84. The van der Waals surface area contributed by atoms with E-state index in [2.05, 4.69) is 15.9 Å². The Labute approximate surface area is 103 Å². The van der Waals surface area contributed by atoms with E-state index in [-0.39, 0.29) is 11.9 Å². The molecule has 1 aliphatic carbocycles. The van der Waals surface area contributed by atoms with E-state index in [1.807, 2.05) is 25.1 Å². The van der Waals surface area contributed by atoms with Gasteiger partial charge in [0.15, 0.2) is 11.9 Å². The molecule has 1 aromatic carbocycles. The third-order valence-electron chi connectivity index (χ3n) is 2.74. The zero-order valence-electron chi connectivity index (χ0n) is 9.20. The van der Waals surface area contributed by atoms with Gasteiger partial charge in [-0.05, 0) is 24.6 Å². The van der Waals surface area contributed by atoms with E-state index >= 15 is 0 Å². The standard InChI is InChI=1S/C12H13BrO3/c1-7-3-4-8(13)5-10(7)16-11-6-9(14)12(11)15-2/h3-5,11-12H,6H2,1-2H3. The average Bonchev–Trinajstić information content (AvgIpc) is 2.23. The Hall–Kier alpha value is -0.870. The molecule has 0 aliphatic heterocycles. The highest BCUT2D eigenvalue weighted by Gasteiger charge is 2.42. The Morgan fingerprint density at radius 3 is 2.81 bits per heavy atom. The number of halogens is 1. The number of hydrogen-bond acceptors (Lipinski definition) is 3. The number of carbonyl (C=O) groups excluding carboxylic acids is 1. The molecule has 2 atom stereocenters. The third kappa shape index (κ3) is 2.13. The summed E-state index contributed by atoms with van der Waals surface area (Å²) >= 11 is 3.39. The first-order valence-corrected chi connectivity index (χ1v) is 5.89. The second-order valence-corrected chi connectivity index (χ2v) is 4.81. The molecule has 0 saturated heterocycles. The number of ketones is 1. The van der Waals surface area contributed by atoms with Crippen LogP contribution in [0.1, 0.15) is 12.0 Å². The van der Waals surface area contributed by atoms with Gasteiger partial charge in [0.2, 0.25) is 0 Å². The summed E-state index contributed by atoms with van der Waals surface area (Å²) in [7, 11) is 1.53. The largest absolute Gasteiger partial charge is 0.486 e. The summed E-state index contributed by atoms with van der Waals surface area (Å²) in [6.45, 7) is 1.98. The van der Waals surface area contributed by atoms with Crippen molar-refractivity contribution in [3.05, 3.63) is 28.2 Å². The van der Waals surface area contributed by atoms with Crippen LogP contribution in [0.3, 0.4) is 0 Å². The van der Waals surface area contributed by atoms with Crippen LogP contribution in [0.4, 0.5) is 0 Å². The van der Waals surface area contributed by atoms with Crippen molar-refractivity contribution >= 4 is 21.7 Å². The number of benzene rings is 1. The Morgan fingerprint density at radius 1 is 1.44 bits per heavy atom. The third-order valence-corrected chi connectivity index (χ3v) is 3.23. The van der Waals surface area contributed by atoms with E-state index < -0.39 is 6.10 Å². The molecule has 0 bridgehead atoms. The van der Waals surface area contributed by atoms with Crippen LogP contribution in [0.2, 0.25) is 0 Å². The van der Waals surface area contributed by atoms with Gasteiger partial charge in [-0.2, -0.15) is 0 Å². The predicted octanol–water partition coefficient (Wildman–Crippen LogP) is 2.49. The quantitative estimate of drug-likeness (QED) is 0.856. The highest BCUT2D eigenvalue weighted by molar-refractivity contribution is 9.10. The van der Waals surface area contributed by atoms with Crippen molar-refractivity contribution in [2.75, 3.05) is 7.11 Å². The zero-order valence-corrected chi connectivity index (χ0v) is 10.8. The van der Waals surface area contributed by atoms with Crippen LogP contribution in [-0.2, 0) is 9.53 Å². The lowest BCUT2D eigenvalue weighted by Gasteiger charge is -2.34. The van der Waals surface area contributed by atoms with Gasteiger partial charge in [-0.15, -0.1) is 0 Å². The fourth-order valence-electron chi connectivity index (χ4n) is 1.72. The number of carbonyl (C=O) groups is 1. The van der Waals surface area contributed by atoms with Crippen molar-refractivity contribution in [1.29, 1.82) is 0 Å². The molecule has 16 heavy (non-hydrogen) atoms. The van der Waals surface area contributed by atoms with Crippen LogP contribution >= 0.6 is 15.9 Å². The molecule has 2 rings (SSSR count). The van der Waals surface area contributed by atoms with Crippen molar-refractivity contribution < 1.29 is 14.3 Å². The summed E-state index contributed by atoms with van der Waals surface area (Å²) < 4.78 is 11.8. The molecule has 0 N–H and O–H groups in total. The lowest BCUT2D eigenvalue weighted by Crippen LogP contribution is -2.51. The summed E-state index contributed by atoms with van der Waals surface area (Å²) in [4.78, 5) is 11.2. The maximum Gasteiger partial charge on any atom is 0.169 e. The predicted molar refractivity (Wildman–Crippen MR) is 63.7 cm³/mol. The number of Topliss-reactive ketones (excluding diaryl/α,β-unsaturated/α-hetero) is 1. The molecule has 2 unspecified atom stereocenters. The van der Waals surface area contributed by atoms with Gasteiger partial charge >= 0.3 is 0 Å². The van der Waals surface area contributed by atoms with Crippen LogP contribution in [0, 0.1) is 6.92 Å². The Kier molecular flexibility index (Phi) is 3.30. The van der Waals surface area contributed by atoms with Crippen molar-refractivity contribution in [3.8, 4) is 5.75 Å². The summed E-state index contributed by atoms with van der Waals surface area (Å²) in [5, 5.41) is 0.